The van der Waals surface area contributed by atoms with Gasteiger partial charge < -0.3 is 25.0 Å². The van der Waals surface area contributed by atoms with Gasteiger partial charge in [-0.15, -0.1) is 0 Å². The first-order valence-electron chi connectivity index (χ1n) is 12.8. The number of para-hydroxylation sites is 1. The van der Waals surface area contributed by atoms with Gasteiger partial charge >= 0.3 is 0 Å². The van der Waals surface area contributed by atoms with E-state index in [1.54, 1.807) is 35.2 Å². The summed E-state index contributed by atoms with van der Waals surface area (Å²) in [7, 11) is 0. The van der Waals surface area contributed by atoms with Crippen LogP contribution in [0.4, 0.5) is 5.95 Å². The number of nitrogens with zero attached hydrogens (tertiary/aromatic N) is 5. The van der Waals surface area contributed by atoms with E-state index in [-0.39, 0.29) is 29.0 Å². The Bertz CT molecular complexity index is 1430. The van der Waals surface area contributed by atoms with E-state index in [1.807, 2.05) is 42.2 Å². The van der Waals surface area contributed by atoms with Gasteiger partial charge in [0.25, 0.3) is 11.8 Å². The van der Waals surface area contributed by atoms with Crippen molar-refractivity contribution in [2.75, 3.05) is 24.5 Å². The fourth-order valence-electron chi connectivity index (χ4n) is 4.32. The third-order valence-electron chi connectivity index (χ3n) is 6.57. The standard InChI is InChI=1S/C29H28N6O4/c1-19-18-34(28(37)21(16-30)15-20-7-8-20)13-14-35(19)29-32-17-25(26(31)36)27(33-29)39-24-11-9-23(10-12-24)38-22-5-3-2-4-6-22/h2-6,9-12,15,17,19-20H,7-8,13-14,18H2,1H3,(H2,31,36)/b21-15+/t19-/m0/s1. The molecule has 1 atom stereocenters. The number of carbonyl (C=O) groups excluding carboxylic acids is 2. The number of aromatic nitrogens is 2. The maximum atomic E-state index is 12.9. The Kier molecular flexibility index (Phi) is 7.41. The molecule has 2 fully saturated rings. The van der Waals surface area contributed by atoms with Crippen LogP contribution in [0.25, 0.3) is 0 Å². The topological polar surface area (TPSA) is 135 Å². The Morgan fingerprint density at radius 1 is 1.03 bits per heavy atom. The molecule has 5 rings (SSSR count). The van der Waals surface area contributed by atoms with Crippen molar-refractivity contribution in [2.45, 2.75) is 25.8 Å². The summed E-state index contributed by atoms with van der Waals surface area (Å²) in [5.74, 6) is 1.55. The van der Waals surface area contributed by atoms with Crippen molar-refractivity contribution in [1.29, 1.82) is 5.26 Å². The molecule has 1 saturated carbocycles. The Balaban J connectivity index is 1.29. The van der Waals surface area contributed by atoms with Crippen molar-refractivity contribution in [3.63, 3.8) is 0 Å². The molecule has 1 aliphatic carbocycles. The van der Waals surface area contributed by atoms with E-state index < -0.39 is 5.91 Å². The third-order valence-corrected chi connectivity index (χ3v) is 6.57. The number of anilines is 1. The van der Waals surface area contributed by atoms with Gasteiger partial charge in [0.15, 0.2) is 0 Å². The summed E-state index contributed by atoms with van der Waals surface area (Å²) >= 11 is 0. The molecular weight excluding hydrogens is 496 g/mol. The van der Waals surface area contributed by atoms with Gasteiger partial charge in [-0.05, 0) is 62.1 Å². The lowest BCUT2D eigenvalue weighted by molar-refractivity contribution is -0.127. The number of amides is 2. The number of hydrogen-bond donors (Lipinski definition) is 1. The molecule has 0 spiro atoms. The number of carbonyl (C=O) groups is 2. The highest BCUT2D eigenvalue weighted by molar-refractivity contribution is 5.97. The molecule has 1 saturated heterocycles. The second-order valence-corrected chi connectivity index (χ2v) is 9.56. The molecule has 2 heterocycles. The fourth-order valence-corrected chi connectivity index (χ4v) is 4.32. The van der Waals surface area contributed by atoms with Crippen LogP contribution in [0.5, 0.6) is 23.1 Å². The van der Waals surface area contributed by atoms with Gasteiger partial charge in [-0.25, -0.2) is 4.98 Å². The molecule has 3 aromatic rings. The molecule has 10 heteroatoms. The molecule has 39 heavy (non-hydrogen) atoms. The highest BCUT2D eigenvalue weighted by atomic mass is 16.5. The maximum absolute atomic E-state index is 12.9. The second kappa shape index (κ2) is 11.2. The first-order valence-corrected chi connectivity index (χ1v) is 12.8. The lowest BCUT2D eigenvalue weighted by Crippen LogP contribution is -2.54. The predicted molar refractivity (Wildman–Crippen MR) is 143 cm³/mol. The Morgan fingerprint density at radius 3 is 2.31 bits per heavy atom. The van der Waals surface area contributed by atoms with Gasteiger partial charge in [-0.1, -0.05) is 24.3 Å². The van der Waals surface area contributed by atoms with E-state index in [2.05, 4.69) is 16.0 Å². The van der Waals surface area contributed by atoms with Crippen LogP contribution in [0.3, 0.4) is 0 Å². The Hall–Kier alpha value is -4.91. The van der Waals surface area contributed by atoms with Crippen LogP contribution >= 0.6 is 0 Å². The number of primary amides is 1. The number of nitriles is 1. The summed E-state index contributed by atoms with van der Waals surface area (Å²) < 4.78 is 11.8. The minimum Gasteiger partial charge on any atom is -0.457 e. The number of allylic oxidation sites excluding steroid dienone is 1. The van der Waals surface area contributed by atoms with Crippen LogP contribution < -0.4 is 20.1 Å². The van der Waals surface area contributed by atoms with E-state index in [0.29, 0.717) is 48.7 Å². The maximum Gasteiger partial charge on any atom is 0.264 e. The van der Waals surface area contributed by atoms with E-state index in [1.165, 1.54) is 6.20 Å². The van der Waals surface area contributed by atoms with Crippen LogP contribution in [0.15, 0.2) is 72.4 Å². The molecule has 198 valence electrons. The van der Waals surface area contributed by atoms with Crippen LogP contribution in [-0.2, 0) is 4.79 Å². The zero-order chi connectivity index (χ0) is 27.4. The van der Waals surface area contributed by atoms with E-state index in [4.69, 9.17) is 15.2 Å². The summed E-state index contributed by atoms with van der Waals surface area (Å²) in [5.41, 5.74) is 5.81. The van der Waals surface area contributed by atoms with Gasteiger partial charge in [0.2, 0.25) is 11.8 Å². The Morgan fingerprint density at radius 2 is 1.69 bits per heavy atom. The summed E-state index contributed by atoms with van der Waals surface area (Å²) in [4.78, 5) is 37.4. The smallest absolute Gasteiger partial charge is 0.264 e. The summed E-state index contributed by atoms with van der Waals surface area (Å²) in [6.07, 6.45) is 5.19. The molecule has 1 aliphatic heterocycles. The van der Waals surface area contributed by atoms with Crippen LogP contribution in [0, 0.1) is 17.2 Å². The lowest BCUT2D eigenvalue weighted by Gasteiger charge is -2.39. The first-order chi connectivity index (χ1) is 18.9. The van der Waals surface area contributed by atoms with Crippen molar-refractivity contribution >= 4 is 17.8 Å². The zero-order valence-electron chi connectivity index (χ0n) is 21.5. The average molecular weight is 525 g/mol. The second-order valence-electron chi connectivity index (χ2n) is 9.56. The van der Waals surface area contributed by atoms with Gasteiger partial charge in [-0.3, -0.25) is 9.59 Å². The van der Waals surface area contributed by atoms with Crippen LogP contribution in [0.2, 0.25) is 0 Å². The van der Waals surface area contributed by atoms with Crippen molar-refractivity contribution in [1.82, 2.24) is 14.9 Å². The molecule has 0 bridgehead atoms. The highest BCUT2D eigenvalue weighted by Gasteiger charge is 2.31. The summed E-state index contributed by atoms with van der Waals surface area (Å²) in [6, 6.07) is 18.2. The number of benzene rings is 2. The number of piperazine rings is 1. The van der Waals surface area contributed by atoms with Crippen molar-refractivity contribution in [3.8, 4) is 29.2 Å². The monoisotopic (exact) mass is 524 g/mol. The normalized spacial score (nSPS) is 17.3. The quantitative estimate of drug-likeness (QED) is 0.344. The molecule has 0 unspecified atom stereocenters. The first kappa shape index (κ1) is 25.7. The molecule has 1 aromatic heterocycles. The fraction of sp³-hybridized carbons (Fsp3) is 0.276. The highest BCUT2D eigenvalue weighted by Crippen LogP contribution is 2.32. The van der Waals surface area contributed by atoms with Crippen molar-refractivity contribution < 1.29 is 19.1 Å². The summed E-state index contributed by atoms with van der Waals surface area (Å²) in [5, 5.41) is 9.45. The number of rotatable bonds is 8. The SMILES string of the molecule is C[C@H]1CN(C(=O)/C(C#N)=C/C2CC2)CCN1c1ncc(C(N)=O)c(Oc2ccc(Oc3ccccc3)cc2)n1. The minimum atomic E-state index is -0.712. The zero-order valence-corrected chi connectivity index (χ0v) is 21.5. The molecular formula is C29H28N6O4. The van der Waals surface area contributed by atoms with Crippen LogP contribution in [0.1, 0.15) is 30.1 Å². The largest absolute Gasteiger partial charge is 0.457 e. The van der Waals surface area contributed by atoms with E-state index in [9.17, 15) is 14.9 Å². The van der Waals surface area contributed by atoms with Gasteiger partial charge in [-0.2, -0.15) is 10.2 Å². The number of nitrogens with two attached hydrogens (primary N) is 1. The lowest BCUT2D eigenvalue weighted by atomic mass is 10.1. The van der Waals surface area contributed by atoms with Crippen LogP contribution in [-0.4, -0.2) is 52.4 Å². The molecule has 0 radical (unpaired) electrons. The predicted octanol–water partition coefficient (Wildman–Crippen LogP) is 4.06. The van der Waals surface area contributed by atoms with Gasteiger partial charge in [0, 0.05) is 31.9 Å². The molecule has 2 amide bonds. The molecule has 2 N–H and O–H groups in total. The molecule has 2 aliphatic rings. The van der Waals surface area contributed by atoms with E-state index >= 15 is 0 Å². The number of ether oxygens (including phenoxy) is 2. The van der Waals surface area contributed by atoms with E-state index in [0.717, 1.165) is 12.8 Å². The summed E-state index contributed by atoms with van der Waals surface area (Å²) in [6.45, 7) is 3.22. The average Bonchev–Trinajstić information content (AvgIpc) is 3.77. The van der Waals surface area contributed by atoms with Gasteiger partial charge in [0.1, 0.15) is 34.5 Å². The minimum absolute atomic E-state index is 0.0362. The van der Waals surface area contributed by atoms with Crippen molar-refractivity contribution in [3.05, 3.63) is 78.0 Å². The van der Waals surface area contributed by atoms with Gasteiger partial charge in [0.05, 0.1) is 0 Å². The third kappa shape index (κ3) is 6.15. The molecule has 2 aromatic carbocycles. The molecule has 10 nitrogen and oxygen atoms in total. The van der Waals surface area contributed by atoms with Crippen molar-refractivity contribution in [2.24, 2.45) is 11.7 Å². The Labute approximate surface area is 226 Å². The number of hydrogen-bond acceptors (Lipinski definition) is 8.